The van der Waals surface area contributed by atoms with Gasteiger partial charge in [-0.15, -0.1) is 11.3 Å². The number of carbonyl (C=O) groups excluding carboxylic acids is 2. The van der Waals surface area contributed by atoms with Crippen molar-refractivity contribution in [3.05, 3.63) is 75.9 Å². The van der Waals surface area contributed by atoms with Crippen LogP contribution in [0.5, 0.6) is 11.5 Å². The van der Waals surface area contributed by atoms with Gasteiger partial charge in [0.2, 0.25) is 12.7 Å². The summed E-state index contributed by atoms with van der Waals surface area (Å²) in [4.78, 5) is 26.8. The van der Waals surface area contributed by atoms with Gasteiger partial charge < -0.3 is 19.7 Å². The Morgan fingerprint density at radius 2 is 1.71 bits per heavy atom. The van der Waals surface area contributed by atoms with Crippen molar-refractivity contribution in [1.82, 2.24) is 5.32 Å². The number of nitrogens with zero attached hydrogens (tertiary/aromatic N) is 1. The van der Waals surface area contributed by atoms with Gasteiger partial charge in [0, 0.05) is 20.0 Å². The molecule has 0 saturated heterocycles. The smallest absolute Gasteiger partial charge is 0.261 e. The molecule has 0 saturated carbocycles. The number of rotatable bonds is 7. The van der Waals surface area contributed by atoms with Crippen molar-refractivity contribution in [2.24, 2.45) is 0 Å². The van der Waals surface area contributed by atoms with E-state index in [2.05, 4.69) is 5.32 Å². The van der Waals surface area contributed by atoms with Gasteiger partial charge in [-0.2, -0.15) is 0 Å². The van der Waals surface area contributed by atoms with Crippen LogP contribution in [0.4, 0.5) is 9.39 Å². The molecule has 1 aliphatic rings. The van der Waals surface area contributed by atoms with Crippen LogP contribution in [0.25, 0.3) is 0 Å². The van der Waals surface area contributed by atoms with Gasteiger partial charge in [-0.3, -0.25) is 9.59 Å². The summed E-state index contributed by atoms with van der Waals surface area (Å²) in [6.45, 7) is 8.78. The molecule has 0 atom stereocenters. The van der Waals surface area contributed by atoms with Gasteiger partial charge in [-0.1, -0.05) is 32.0 Å². The second-order valence-corrected chi connectivity index (χ2v) is 9.15. The van der Waals surface area contributed by atoms with Crippen LogP contribution in [0, 0.1) is 12.7 Å². The minimum Gasteiger partial charge on any atom is -0.454 e. The Morgan fingerprint density at radius 1 is 1.03 bits per heavy atom. The molecule has 4 rings (SSSR count). The SMILES string of the molecule is CCCN(C(C)=O)c1cc(C)c(C(=O)NCc2ccc3c(c2)OCO3)s1.CCc1ccc(F)cc1. The number of aryl methyl sites for hydroxylation is 2. The number of hydrogen-bond donors (Lipinski definition) is 1. The van der Waals surface area contributed by atoms with Gasteiger partial charge in [-0.25, -0.2) is 4.39 Å². The summed E-state index contributed by atoms with van der Waals surface area (Å²) in [5.74, 6) is 1.10. The lowest BCUT2D eigenvalue weighted by molar-refractivity contribution is -0.116. The fourth-order valence-electron chi connectivity index (χ4n) is 3.50. The van der Waals surface area contributed by atoms with Crippen LogP contribution in [0.3, 0.4) is 0 Å². The summed E-state index contributed by atoms with van der Waals surface area (Å²) in [6, 6.07) is 14.1. The summed E-state index contributed by atoms with van der Waals surface area (Å²) in [5.41, 5.74) is 2.99. The highest BCUT2D eigenvalue weighted by Gasteiger charge is 2.19. The van der Waals surface area contributed by atoms with E-state index < -0.39 is 0 Å². The van der Waals surface area contributed by atoms with Crippen molar-refractivity contribution in [1.29, 1.82) is 0 Å². The summed E-state index contributed by atoms with van der Waals surface area (Å²) in [7, 11) is 0. The first-order valence-electron chi connectivity index (χ1n) is 11.6. The molecule has 8 heteroatoms. The van der Waals surface area contributed by atoms with Gasteiger partial charge in [0.25, 0.3) is 5.91 Å². The van der Waals surface area contributed by atoms with Crippen molar-refractivity contribution >= 4 is 28.2 Å². The van der Waals surface area contributed by atoms with E-state index in [9.17, 15) is 14.0 Å². The normalized spacial score (nSPS) is 11.5. The molecule has 0 radical (unpaired) electrons. The molecule has 1 aromatic heterocycles. The molecular formula is C27H31FN2O4S. The van der Waals surface area contributed by atoms with Gasteiger partial charge in [0.05, 0.1) is 9.88 Å². The predicted octanol–water partition coefficient (Wildman–Crippen LogP) is 5.87. The summed E-state index contributed by atoms with van der Waals surface area (Å²) in [6.07, 6.45) is 1.84. The highest BCUT2D eigenvalue weighted by Crippen LogP contribution is 2.33. The monoisotopic (exact) mass is 498 g/mol. The van der Waals surface area contributed by atoms with Gasteiger partial charge >= 0.3 is 0 Å². The number of halogens is 1. The first kappa shape index (κ1) is 26.2. The number of carbonyl (C=O) groups is 2. The molecule has 0 spiro atoms. The van der Waals surface area contributed by atoms with E-state index in [1.165, 1.54) is 29.0 Å². The minimum atomic E-state index is -0.160. The molecule has 186 valence electrons. The first-order valence-corrected chi connectivity index (χ1v) is 12.4. The van der Waals surface area contributed by atoms with E-state index in [1.54, 1.807) is 24.0 Å². The number of nitrogens with one attached hydrogen (secondary N) is 1. The number of amides is 2. The third kappa shape index (κ3) is 7.05. The number of hydrogen-bond acceptors (Lipinski definition) is 5. The molecule has 6 nitrogen and oxygen atoms in total. The molecule has 0 aliphatic carbocycles. The van der Waals surface area contributed by atoms with E-state index in [4.69, 9.17) is 9.47 Å². The van der Waals surface area contributed by atoms with E-state index in [0.29, 0.717) is 23.7 Å². The highest BCUT2D eigenvalue weighted by atomic mass is 32.1. The molecule has 0 bridgehead atoms. The minimum absolute atomic E-state index is 0.0135. The van der Waals surface area contributed by atoms with Crippen molar-refractivity contribution in [3.63, 3.8) is 0 Å². The van der Waals surface area contributed by atoms with Crippen LogP contribution < -0.4 is 19.7 Å². The molecule has 0 unspecified atom stereocenters. The quantitative estimate of drug-likeness (QED) is 0.443. The fourth-order valence-corrected chi connectivity index (χ4v) is 4.66. The van der Waals surface area contributed by atoms with E-state index in [0.717, 1.165) is 34.7 Å². The topological polar surface area (TPSA) is 67.9 Å². The van der Waals surface area contributed by atoms with Crippen molar-refractivity contribution in [3.8, 4) is 11.5 Å². The number of thiophene rings is 1. The maximum Gasteiger partial charge on any atom is 0.261 e. The third-order valence-electron chi connectivity index (χ3n) is 5.42. The maximum atomic E-state index is 12.6. The molecule has 3 aromatic rings. The molecule has 35 heavy (non-hydrogen) atoms. The van der Waals surface area contributed by atoms with Crippen LogP contribution >= 0.6 is 11.3 Å². The molecule has 2 heterocycles. The Morgan fingerprint density at radius 3 is 2.37 bits per heavy atom. The lowest BCUT2D eigenvalue weighted by atomic mass is 10.2. The van der Waals surface area contributed by atoms with Gasteiger partial charge in [-0.05, 0) is 66.8 Å². The van der Waals surface area contributed by atoms with Gasteiger partial charge in [0.15, 0.2) is 11.5 Å². The van der Waals surface area contributed by atoms with Gasteiger partial charge in [0.1, 0.15) is 5.82 Å². The molecule has 1 aliphatic heterocycles. The standard InChI is InChI=1S/C19H22N2O4S.C8H9F/c1-4-7-21(13(3)22)17-8-12(2)18(26-17)19(23)20-10-14-5-6-15-16(9-14)25-11-24-15;1-2-7-3-5-8(9)6-4-7/h5-6,8-9H,4,7,10-11H2,1-3H3,(H,20,23);3-6H,2H2,1H3. The Kier molecular flexibility index (Phi) is 9.25. The molecule has 0 fully saturated rings. The second kappa shape index (κ2) is 12.4. The number of anilines is 1. The van der Waals surface area contributed by atoms with Crippen LogP contribution in [-0.4, -0.2) is 25.2 Å². The maximum absolute atomic E-state index is 12.6. The van der Waals surface area contributed by atoms with Crippen molar-refractivity contribution in [2.45, 2.75) is 47.1 Å². The van der Waals surface area contributed by atoms with Crippen molar-refractivity contribution < 1.29 is 23.5 Å². The Labute approximate surface area is 209 Å². The van der Waals surface area contributed by atoms with E-state index >= 15 is 0 Å². The average molecular weight is 499 g/mol. The summed E-state index contributed by atoms with van der Waals surface area (Å²) < 4.78 is 22.9. The first-order chi connectivity index (χ1) is 16.8. The Hall–Kier alpha value is -3.39. The lowest BCUT2D eigenvalue weighted by Crippen LogP contribution is -2.28. The van der Waals surface area contributed by atoms with Crippen molar-refractivity contribution in [2.75, 3.05) is 18.2 Å². The number of benzene rings is 2. The highest BCUT2D eigenvalue weighted by molar-refractivity contribution is 7.18. The zero-order valence-electron chi connectivity index (χ0n) is 20.5. The fraction of sp³-hybridized carbons (Fsp3) is 0.333. The molecule has 2 amide bonds. The van der Waals surface area contributed by atoms with Crippen LogP contribution in [0.2, 0.25) is 0 Å². The summed E-state index contributed by atoms with van der Waals surface area (Å²) >= 11 is 1.35. The number of fused-ring (bicyclic) bond motifs is 1. The van der Waals surface area contributed by atoms with E-state index in [-0.39, 0.29) is 24.4 Å². The Bertz CT molecular complexity index is 1160. The largest absolute Gasteiger partial charge is 0.454 e. The zero-order valence-corrected chi connectivity index (χ0v) is 21.3. The summed E-state index contributed by atoms with van der Waals surface area (Å²) in [5, 5.41) is 3.74. The number of ether oxygens (including phenoxy) is 2. The second-order valence-electron chi connectivity index (χ2n) is 8.12. The average Bonchev–Trinajstić information content (AvgIpc) is 3.47. The Balaban J connectivity index is 0.000000320. The zero-order chi connectivity index (χ0) is 25.4. The van der Waals surface area contributed by atoms with Crippen LogP contribution in [0.1, 0.15) is 53.6 Å². The molecule has 1 N–H and O–H groups in total. The van der Waals surface area contributed by atoms with Crippen LogP contribution in [-0.2, 0) is 17.8 Å². The molecule has 2 aromatic carbocycles. The van der Waals surface area contributed by atoms with Crippen LogP contribution in [0.15, 0.2) is 48.5 Å². The lowest BCUT2D eigenvalue weighted by Gasteiger charge is -2.17. The molecular weight excluding hydrogens is 467 g/mol. The predicted molar refractivity (Wildman–Crippen MR) is 137 cm³/mol. The van der Waals surface area contributed by atoms with E-state index in [1.807, 2.05) is 45.0 Å². The third-order valence-corrected chi connectivity index (χ3v) is 6.67.